The molecule has 0 aromatic carbocycles. The Bertz CT molecular complexity index is 1500. The highest BCUT2D eigenvalue weighted by Gasteiger charge is 2.21. The Balaban J connectivity index is 1.57. The van der Waals surface area contributed by atoms with Crippen LogP contribution in [0.5, 0.6) is 0 Å². The lowest BCUT2D eigenvalue weighted by atomic mass is 10.1. The van der Waals surface area contributed by atoms with E-state index in [1.54, 1.807) is 48.3 Å². The summed E-state index contributed by atoms with van der Waals surface area (Å²) in [7, 11) is 0. The molecule has 6 aromatic heterocycles. The van der Waals surface area contributed by atoms with Gasteiger partial charge in [-0.3, -0.25) is 15.1 Å². The standard InChI is InChI=1S/C21H12FN7S/c22-16-15-13(10-25-17(16)11-3-1-6-23-9-11)28-29-19(15)21-26-18-12(14-4-2-8-30-14)5-7-24-20(18)27-21/h1-10H,(H,28,29)(H,24,26,27). The van der Waals surface area contributed by atoms with Gasteiger partial charge in [-0.1, -0.05) is 6.07 Å². The Morgan fingerprint density at radius 2 is 1.93 bits per heavy atom. The molecule has 0 saturated heterocycles. The first-order valence-corrected chi connectivity index (χ1v) is 9.99. The van der Waals surface area contributed by atoms with Gasteiger partial charge in [0.15, 0.2) is 17.3 Å². The Hall–Kier alpha value is -3.98. The lowest BCUT2D eigenvalue weighted by molar-refractivity contribution is 0.638. The van der Waals surface area contributed by atoms with Crippen molar-refractivity contribution in [3.8, 4) is 33.2 Å². The van der Waals surface area contributed by atoms with Gasteiger partial charge in [-0.2, -0.15) is 5.10 Å². The van der Waals surface area contributed by atoms with Crippen molar-refractivity contribution in [3.05, 3.63) is 66.3 Å². The summed E-state index contributed by atoms with van der Waals surface area (Å²) in [5, 5.41) is 9.49. The van der Waals surface area contributed by atoms with E-state index < -0.39 is 5.82 Å². The molecule has 0 radical (unpaired) electrons. The second kappa shape index (κ2) is 6.53. The minimum atomic E-state index is -0.476. The van der Waals surface area contributed by atoms with Crippen molar-refractivity contribution in [2.24, 2.45) is 0 Å². The van der Waals surface area contributed by atoms with Crippen LogP contribution in [-0.4, -0.2) is 35.1 Å². The van der Waals surface area contributed by atoms with E-state index in [1.807, 2.05) is 23.6 Å². The Morgan fingerprint density at radius 1 is 0.967 bits per heavy atom. The van der Waals surface area contributed by atoms with Crippen LogP contribution in [-0.2, 0) is 0 Å². The number of hydrogen-bond acceptors (Lipinski definition) is 6. The Labute approximate surface area is 172 Å². The number of nitrogens with zero attached hydrogens (tertiary/aromatic N) is 5. The molecule has 6 aromatic rings. The average molecular weight is 413 g/mol. The molecule has 0 amide bonds. The second-order valence-corrected chi connectivity index (χ2v) is 7.59. The molecule has 0 aliphatic heterocycles. The van der Waals surface area contributed by atoms with Crippen LogP contribution in [0.2, 0.25) is 0 Å². The topological polar surface area (TPSA) is 96.0 Å². The number of hydrogen-bond donors (Lipinski definition) is 2. The van der Waals surface area contributed by atoms with Gasteiger partial charge in [0, 0.05) is 34.6 Å². The van der Waals surface area contributed by atoms with E-state index >= 15 is 4.39 Å². The summed E-state index contributed by atoms with van der Waals surface area (Å²) in [5.41, 5.74) is 4.00. The zero-order valence-electron chi connectivity index (χ0n) is 15.3. The number of halogens is 1. The molecule has 0 atom stereocenters. The van der Waals surface area contributed by atoms with Crippen LogP contribution in [0.25, 0.3) is 55.3 Å². The van der Waals surface area contributed by atoms with Gasteiger partial charge in [-0.25, -0.2) is 14.4 Å². The van der Waals surface area contributed by atoms with Crippen molar-refractivity contribution in [1.82, 2.24) is 35.1 Å². The minimum absolute atomic E-state index is 0.215. The summed E-state index contributed by atoms with van der Waals surface area (Å²) < 4.78 is 15.5. The predicted octanol–water partition coefficient (Wildman–Crippen LogP) is 4.83. The lowest BCUT2D eigenvalue weighted by Gasteiger charge is -2.03. The fourth-order valence-corrected chi connectivity index (χ4v) is 4.27. The largest absolute Gasteiger partial charge is 0.335 e. The smallest absolute Gasteiger partial charge is 0.178 e. The van der Waals surface area contributed by atoms with Crippen LogP contribution >= 0.6 is 11.3 Å². The molecule has 0 saturated carbocycles. The quantitative estimate of drug-likeness (QED) is 0.433. The van der Waals surface area contributed by atoms with Crippen molar-refractivity contribution >= 4 is 33.4 Å². The molecular formula is C21H12FN7S. The molecule has 0 bridgehead atoms. The van der Waals surface area contributed by atoms with E-state index in [-0.39, 0.29) is 5.69 Å². The van der Waals surface area contributed by atoms with E-state index in [9.17, 15) is 0 Å². The number of nitrogens with one attached hydrogen (secondary N) is 2. The van der Waals surface area contributed by atoms with Gasteiger partial charge in [0.05, 0.1) is 22.6 Å². The van der Waals surface area contributed by atoms with Gasteiger partial charge in [0.1, 0.15) is 11.4 Å². The third-order valence-electron chi connectivity index (χ3n) is 4.88. The highest BCUT2D eigenvalue weighted by molar-refractivity contribution is 7.13. The third kappa shape index (κ3) is 2.52. The van der Waals surface area contributed by atoms with E-state index in [0.717, 1.165) is 16.0 Å². The number of imidazole rings is 1. The molecule has 0 aliphatic rings. The highest BCUT2D eigenvalue weighted by atomic mass is 32.1. The van der Waals surface area contributed by atoms with Crippen molar-refractivity contribution in [3.63, 3.8) is 0 Å². The number of pyridine rings is 3. The first kappa shape index (κ1) is 16.9. The van der Waals surface area contributed by atoms with E-state index in [1.165, 1.54) is 0 Å². The first-order valence-electron chi connectivity index (χ1n) is 9.11. The van der Waals surface area contributed by atoms with Gasteiger partial charge < -0.3 is 4.98 Å². The third-order valence-corrected chi connectivity index (χ3v) is 5.79. The van der Waals surface area contributed by atoms with Crippen molar-refractivity contribution in [1.29, 1.82) is 0 Å². The maximum Gasteiger partial charge on any atom is 0.178 e. The molecule has 2 N–H and O–H groups in total. The van der Waals surface area contributed by atoms with Crippen LogP contribution in [0.3, 0.4) is 0 Å². The van der Waals surface area contributed by atoms with Crippen LogP contribution in [0, 0.1) is 5.82 Å². The fraction of sp³-hybridized carbons (Fsp3) is 0. The number of rotatable bonds is 3. The van der Waals surface area contributed by atoms with Crippen LogP contribution in [0.4, 0.5) is 4.39 Å². The zero-order chi connectivity index (χ0) is 20.1. The maximum atomic E-state index is 15.5. The monoisotopic (exact) mass is 413 g/mol. The SMILES string of the molecule is Fc1c(-c2cccnc2)ncc2[nH]nc(-c3nc4nccc(-c5cccs5)c4[nH]3)c12. The Morgan fingerprint density at radius 3 is 2.77 bits per heavy atom. The molecule has 6 heterocycles. The molecule has 0 fully saturated rings. The number of thiophene rings is 1. The van der Waals surface area contributed by atoms with Crippen LogP contribution in [0.1, 0.15) is 0 Å². The van der Waals surface area contributed by atoms with Gasteiger partial charge in [-0.15, -0.1) is 11.3 Å². The Kier molecular flexibility index (Phi) is 3.68. The summed E-state index contributed by atoms with van der Waals surface area (Å²) in [6.45, 7) is 0. The zero-order valence-corrected chi connectivity index (χ0v) is 16.1. The molecular weight excluding hydrogens is 401 g/mol. The van der Waals surface area contributed by atoms with E-state index in [0.29, 0.717) is 33.6 Å². The minimum Gasteiger partial charge on any atom is -0.335 e. The van der Waals surface area contributed by atoms with Gasteiger partial charge >= 0.3 is 0 Å². The summed E-state index contributed by atoms with van der Waals surface area (Å²) in [6, 6.07) is 9.47. The molecule has 6 rings (SSSR count). The number of H-pyrrole nitrogens is 2. The predicted molar refractivity (Wildman–Crippen MR) is 113 cm³/mol. The molecule has 144 valence electrons. The van der Waals surface area contributed by atoms with Gasteiger partial charge in [-0.05, 0) is 29.6 Å². The lowest BCUT2D eigenvalue weighted by Crippen LogP contribution is -1.92. The number of aromatic nitrogens is 7. The fourth-order valence-electron chi connectivity index (χ4n) is 3.51. The molecule has 0 aliphatic carbocycles. The number of fused-ring (bicyclic) bond motifs is 2. The maximum absolute atomic E-state index is 15.5. The molecule has 9 heteroatoms. The van der Waals surface area contributed by atoms with E-state index in [2.05, 4.69) is 35.1 Å². The molecule has 30 heavy (non-hydrogen) atoms. The van der Waals surface area contributed by atoms with Gasteiger partial charge in [0.2, 0.25) is 0 Å². The molecule has 0 unspecified atom stereocenters. The van der Waals surface area contributed by atoms with Gasteiger partial charge in [0.25, 0.3) is 0 Å². The first-order chi connectivity index (χ1) is 14.8. The highest BCUT2D eigenvalue weighted by Crippen LogP contribution is 2.34. The summed E-state index contributed by atoms with van der Waals surface area (Å²) in [6.07, 6.45) is 6.50. The van der Waals surface area contributed by atoms with Crippen molar-refractivity contribution < 1.29 is 4.39 Å². The summed E-state index contributed by atoms with van der Waals surface area (Å²) in [4.78, 5) is 21.6. The average Bonchev–Trinajstić information content (AvgIpc) is 3.53. The van der Waals surface area contributed by atoms with Crippen LogP contribution < -0.4 is 0 Å². The normalized spacial score (nSPS) is 11.5. The van der Waals surface area contributed by atoms with Crippen molar-refractivity contribution in [2.45, 2.75) is 0 Å². The second-order valence-electron chi connectivity index (χ2n) is 6.64. The van der Waals surface area contributed by atoms with Crippen LogP contribution in [0.15, 0.2) is 60.5 Å². The molecule has 7 nitrogen and oxygen atoms in total. The van der Waals surface area contributed by atoms with E-state index in [4.69, 9.17) is 0 Å². The summed E-state index contributed by atoms with van der Waals surface area (Å²) in [5.74, 6) is -0.0360. The summed E-state index contributed by atoms with van der Waals surface area (Å²) >= 11 is 1.63. The number of aromatic amines is 2. The molecule has 0 spiro atoms. The van der Waals surface area contributed by atoms with Crippen molar-refractivity contribution in [2.75, 3.05) is 0 Å².